The number of hydrogen-bond acceptors (Lipinski definition) is 7. The van der Waals surface area contributed by atoms with Gasteiger partial charge in [-0.05, 0) is 249 Å². The van der Waals surface area contributed by atoms with Crippen LogP contribution < -0.4 is 16.4 Å². The molecule has 10 aromatic carbocycles. The average Bonchev–Trinajstić information content (AvgIpc) is 1.00. The van der Waals surface area contributed by atoms with E-state index >= 15 is 0 Å². The quantitative estimate of drug-likeness (QED) is 0.0194. The van der Waals surface area contributed by atoms with Crippen molar-refractivity contribution in [1.29, 1.82) is 0 Å². The Morgan fingerprint density at radius 1 is 0.356 bits per heavy atom. The average molecular weight is 1900 g/mol. The smallest absolute Gasteiger partial charge is 0.423 e. The monoisotopic (exact) mass is 1900 g/mol. The molecular weight excluding hydrogens is 1800 g/mol. The molecule has 0 aromatic heterocycles. The zero-order chi connectivity index (χ0) is 74.6. The van der Waals surface area contributed by atoms with Crippen LogP contribution in [0.1, 0.15) is 149 Å². The van der Waals surface area contributed by atoms with E-state index in [2.05, 4.69) is 187 Å². The van der Waals surface area contributed by atoms with Crippen molar-refractivity contribution in [3.05, 3.63) is 295 Å². The van der Waals surface area contributed by atoms with Gasteiger partial charge in [-0.3, -0.25) is 0 Å². The Bertz CT molecular complexity index is 3900. The van der Waals surface area contributed by atoms with Crippen LogP contribution in [0.4, 0.5) is 13.2 Å². The largest absolute Gasteiger partial charge is 1.00 e. The molecule has 0 spiro atoms. The first-order valence-corrected chi connectivity index (χ1v) is 40.0. The second kappa shape index (κ2) is 55.7. The van der Waals surface area contributed by atoms with E-state index in [-0.39, 0.29) is 33.4 Å². The molecule has 0 aliphatic carbocycles. The second-order valence-electron chi connectivity index (χ2n) is 24.0. The summed E-state index contributed by atoms with van der Waals surface area (Å²) >= 11 is 17.4. The van der Waals surface area contributed by atoms with Crippen LogP contribution in [0.3, 0.4) is 0 Å². The molecule has 556 valence electrons. The topological polar surface area (TPSA) is 131 Å². The van der Waals surface area contributed by atoms with Crippen LogP contribution in [-0.4, -0.2) is 64.7 Å². The van der Waals surface area contributed by atoms with Crippen LogP contribution in [0.5, 0.6) is 0 Å². The lowest BCUT2D eigenvalue weighted by atomic mass is 9.79. The third kappa shape index (κ3) is 38.9. The van der Waals surface area contributed by atoms with Gasteiger partial charge in [0.1, 0.15) is 17.5 Å². The van der Waals surface area contributed by atoms with E-state index in [1.54, 1.807) is 36.4 Å². The minimum absolute atomic E-state index is 0. The second-order valence-corrected chi connectivity index (χ2v) is 30.0. The Morgan fingerprint density at radius 2 is 0.721 bits per heavy atom. The molecule has 0 unspecified atom stereocenters. The number of hydrogen-bond donors (Lipinski definition) is 6. The van der Waals surface area contributed by atoms with Crippen molar-refractivity contribution in [2.24, 2.45) is 0 Å². The van der Waals surface area contributed by atoms with Gasteiger partial charge in [0.05, 0.1) is 0 Å². The molecule has 19 heteroatoms. The zero-order valence-corrected chi connectivity index (χ0v) is 69.5. The predicted octanol–water partition coefficient (Wildman–Crippen LogP) is 23.0. The third-order valence-corrected chi connectivity index (χ3v) is 19.6. The first-order valence-electron chi connectivity index (χ1n) is 34.7. The molecular formula is C85H103B3Br4F3I2O7+. The third-order valence-electron chi connectivity index (χ3n) is 15.9. The Balaban J connectivity index is 0.000000614. The lowest BCUT2D eigenvalue weighted by molar-refractivity contribution is 0.198. The van der Waals surface area contributed by atoms with Crippen molar-refractivity contribution in [2.75, 3.05) is 13.2 Å². The molecule has 7 nitrogen and oxygen atoms in total. The highest BCUT2D eigenvalue weighted by molar-refractivity contribution is 14.1. The van der Waals surface area contributed by atoms with Gasteiger partial charge in [-0.2, -0.15) is 0 Å². The summed E-state index contributed by atoms with van der Waals surface area (Å²) in [7, 11) is -4.34. The summed E-state index contributed by atoms with van der Waals surface area (Å²) in [4.78, 5) is 0. The van der Waals surface area contributed by atoms with E-state index in [1.807, 2.05) is 121 Å². The van der Waals surface area contributed by atoms with Crippen LogP contribution in [0, 0.1) is 24.6 Å². The summed E-state index contributed by atoms with van der Waals surface area (Å²) in [5, 5.41) is 53.4. The van der Waals surface area contributed by atoms with E-state index in [9.17, 15) is 13.2 Å². The van der Waals surface area contributed by atoms with Crippen LogP contribution in [0.25, 0.3) is 33.4 Å². The van der Waals surface area contributed by atoms with Crippen molar-refractivity contribution in [3.63, 3.8) is 0 Å². The number of ether oxygens (including phenoxy) is 1. The van der Waals surface area contributed by atoms with E-state index in [4.69, 9.17) is 34.9 Å². The molecule has 0 saturated carbocycles. The SMILES string of the molecule is Brc1ccc(I)cc1.C.C.C1CCOC1.CCCCCc1ccc(-c2ccc(B(O)O)cc2F)cc1.CCCCCc1ccc(-c2ccc(Br)cc2F)cc1.CCCCCc1ccc(B(O)O)cc1.CCc1cccc(-c2ccc(Br)cc2)c1.CCc1cccc(B(O)O)c1.Fc1cc(Br)ccc1I.[H+]. The Labute approximate surface area is 683 Å². The van der Waals surface area contributed by atoms with E-state index in [1.165, 1.54) is 126 Å². The van der Waals surface area contributed by atoms with Gasteiger partial charge in [-0.1, -0.05) is 303 Å². The maximum atomic E-state index is 14.0. The standard InChI is InChI=1S/C17H20BFO2.C17H18BrF.C14H13Br.C11H17BO2.C8H11BO2.C6H3BrFI.C6H4BrI.C4H8O.2CH4/c1-2-3-4-5-13-6-8-14(9-7-13)16-11-10-15(18(20)21)12-17(16)19;1-2-3-4-5-13-6-8-14(9-7-13)16-11-10-15(18)12-17(16)19;1-2-11-4-3-5-13(10-11)12-6-8-14(15)9-7-12;1-2-3-4-5-10-6-8-11(9-7-10)12(13)14;1-2-7-4-3-5-8(6-7)9(10)11;7-4-1-2-6(9)5(8)3-4;7-5-1-3-6(8)4-2-5;1-2-4-5-3-1;;/h6-12,20-21H,2-5H2,1H3;6-12H,2-5H2,1H3;3-10H,2H2,1H3;6-9,13-14H,2-5H2,1H3;3-6,10-11H,2H2,1H3;1-3H;1-4H;1-4H2;2*1H4/p+1. The van der Waals surface area contributed by atoms with Crippen LogP contribution in [0.15, 0.2) is 242 Å². The molecule has 11 rings (SSSR count). The molecule has 0 atom stereocenters. The maximum Gasteiger partial charge on any atom is 1.00 e. The zero-order valence-electron chi connectivity index (χ0n) is 59.8. The minimum Gasteiger partial charge on any atom is -0.423 e. The highest BCUT2D eigenvalue weighted by Crippen LogP contribution is 2.28. The van der Waals surface area contributed by atoms with Crippen LogP contribution in [0.2, 0.25) is 0 Å². The Morgan fingerprint density at radius 3 is 1.11 bits per heavy atom. The maximum absolute atomic E-state index is 14.0. The van der Waals surface area contributed by atoms with Crippen molar-refractivity contribution in [2.45, 2.75) is 152 Å². The lowest BCUT2D eigenvalue weighted by Crippen LogP contribution is -2.29. The van der Waals surface area contributed by atoms with E-state index in [0.717, 1.165) is 86.0 Å². The van der Waals surface area contributed by atoms with E-state index in [0.29, 0.717) is 25.6 Å². The fraction of sp³-hybridized carbons (Fsp3) is 0.294. The molecule has 1 saturated heterocycles. The highest BCUT2D eigenvalue weighted by atomic mass is 127. The van der Waals surface area contributed by atoms with Crippen LogP contribution >= 0.6 is 109 Å². The fourth-order valence-electron chi connectivity index (χ4n) is 9.94. The highest BCUT2D eigenvalue weighted by Gasteiger charge is 2.15. The Hall–Kier alpha value is -4.72. The van der Waals surface area contributed by atoms with Gasteiger partial charge in [-0.15, -0.1) is 0 Å². The molecule has 1 fully saturated rings. The van der Waals surface area contributed by atoms with Gasteiger partial charge < -0.3 is 34.9 Å². The van der Waals surface area contributed by atoms with Crippen LogP contribution in [-0.2, 0) is 36.8 Å². The first-order chi connectivity index (χ1) is 49.1. The van der Waals surface area contributed by atoms with E-state index < -0.39 is 27.2 Å². The molecule has 6 N–H and O–H groups in total. The molecule has 104 heavy (non-hydrogen) atoms. The van der Waals surface area contributed by atoms with Gasteiger partial charge in [0.15, 0.2) is 0 Å². The number of halogens is 9. The molecule has 1 aliphatic rings. The Kier molecular flexibility index (Phi) is 51.0. The first kappa shape index (κ1) is 95.4. The number of benzene rings is 10. The molecule has 0 bridgehead atoms. The molecule has 0 amide bonds. The molecule has 0 radical (unpaired) electrons. The fourth-order valence-corrected chi connectivity index (χ4v) is 11.8. The summed E-state index contributed by atoms with van der Waals surface area (Å²) in [6.45, 7) is 12.8. The van der Waals surface area contributed by atoms with Gasteiger partial charge in [0, 0.05) is 49.4 Å². The lowest BCUT2D eigenvalue weighted by Gasteiger charge is -2.07. The molecule has 10 aromatic rings. The van der Waals surface area contributed by atoms with Gasteiger partial charge >= 0.3 is 22.8 Å². The molecule has 1 heterocycles. The molecule has 1 aliphatic heterocycles. The van der Waals surface area contributed by atoms with Crippen molar-refractivity contribution < 1.29 is 49.5 Å². The summed E-state index contributed by atoms with van der Waals surface area (Å²) in [6, 6.07) is 70.6. The van der Waals surface area contributed by atoms with Crippen molar-refractivity contribution >= 4 is 147 Å². The summed E-state index contributed by atoms with van der Waals surface area (Å²) in [6.07, 6.45) is 18.8. The normalized spacial score (nSPS) is 10.7. The van der Waals surface area contributed by atoms with Gasteiger partial charge in [0.2, 0.25) is 0 Å². The minimum atomic E-state index is -1.64. The number of unbranched alkanes of at least 4 members (excludes halogenated alkanes) is 6. The van der Waals surface area contributed by atoms with Gasteiger partial charge in [-0.25, -0.2) is 13.2 Å². The number of aryl methyl sites for hydroxylation is 5. The van der Waals surface area contributed by atoms with Gasteiger partial charge in [0.25, 0.3) is 0 Å². The van der Waals surface area contributed by atoms with Crippen molar-refractivity contribution in [1.82, 2.24) is 0 Å². The van der Waals surface area contributed by atoms with Crippen molar-refractivity contribution in [3.8, 4) is 33.4 Å². The predicted molar refractivity (Wildman–Crippen MR) is 470 cm³/mol. The summed E-state index contributed by atoms with van der Waals surface area (Å²) in [5.74, 6) is -0.808. The number of rotatable bonds is 20. The summed E-state index contributed by atoms with van der Waals surface area (Å²) < 4.78 is 51.1. The summed E-state index contributed by atoms with van der Waals surface area (Å²) in [5.41, 5.74) is 13.1.